The average Bonchev–Trinajstić information content (AvgIpc) is 2.03. The van der Waals surface area contributed by atoms with E-state index in [-0.39, 0.29) is 0 Å². The molecule has 0 unspecified atom stereocenters. The van der Waals surface area contributed by atoms with Crippen LogP contribution >= 0.6 is 27.5 Å². The fraction of sp³-hybridized carbons (Fsp3) is 0.125. The molecule has 3 nitrogen and oxygen atoms in total. The first-order chi connectivity index (χ1) is 6.06. The lowest BCUT2D eigenvalue weighted by Crippen LogP contribution is -2.10. The molecule has 1 aromatic rings. The number of ether oxygens (including phenoxy) is 1. The molecule has 1 rings (SSSR count). The molecule has 0 spiro atoms. The van der Waals surface area contributed by atoms with Crippen LogP contribution in [0, 0.1) is 0 Å². The van der Waals surface area contributed by atoms with Gasteiger partial charge >= 0.3 is 0 Å². The fourth-order valence-electron chi connectivity index (χ4n) is 0.897. The van der Waals surface area contributed by atoms with Gasteiger partial charge in [0.2, 0.25) is 5.91 Å². The van der Waals surface area contributed by atoms with Crippen molar-refractivity contribution in [1.82, 2.24) is 0 Å². The summed E-state index contributed by atoms with van der Waals surface area (Å²) in [5.74, 6) is -0.0306. The van der Waals surface area contributed by atoms with Crippen LogP contribution in [0.5, 0.6) is 5.75 Å². The van der Waals surface area contributed by atoms with Crippen molar-refractivity contribution < 1.29 is 9.53 Å². The highest BCUT2D eigenvalue weighted by molar-refractivity contribution is 9.10. The molecule has 0 bridgehead atoms. The van der Waals surface area contributed by atoms with E-state index < -0.39 is 5.91 Å². The van der Waals surface area contributed by atoms with Crippen molar-refractivity contribution in [3.8, 4) is 5.75 Å². The maximum absolute atomic E-state index is 10.8. The molecule has 0 fully saturated rings. The van der Waals surface area contributed by atoms with Crippen molar-refractivity contribution in [3.63, 3.8) is 0 Å². The predicted molar refractivity (Wildman–Crippen MR) is 54.2 cm³/mol. The molecule has 13 heavy (non-hydrogen) atoms. The number of amides is 1. The summed E-state index contributed by atoms with van der Waals surface area (Å²) in [6.45, 7) is 0. The van der Waals surface area contributed by atoms with E-state index in [1.165, 1.54) is 13.2 Å². The van der Waals surface area contributed by atoms with Gasteiger partial charge in [-0.15, -0.1) is 0 Å². The minimum Gasteiger partial charge on any atom is -0.494 e. The van der Waals surface area contributed by atoms with Gasteiger partial charge in [-0.3, -0.25) is 4.79 Å². The van der Waals surface area contributed by atoms with Crippen molar-refractivity contribution in [1.29, 1.82) is 0 Å². The van der Waals surface area contributed by atoms with Crippen molar-refractivity contribution in [2.75, 3.05) is 7.11 Å². The Morgan fingerprint density at radius 2 is 2.23 bits per heavy atom. The van der Waals surface area contributed by atoms with Gasteiger partial charge in [0.15, 0.2) is 5.75 Å². The van der Waals surface area contributed by atoms with Crippen molar-refractivity contribution in [3.05, 3.63) is 27.2 Å². The average molecular weight is 265 g/mol. The second-order valence-electron chi connectivity index (χ2n) is 2.34. The van der Waals surface area contributed by atoms with Crippen LogP contribution in [-0.2, 0) is 0 Å². The molecule has 70 valence electrons. The minimum atomic E-state index is -0.523. The Hall–Kier alpha value is -0.740. The second kappa shape index (κ2) is 3.98. The highest BCUT2D eigenvalue weighted by Gasteiger charge is 2.10. The highest BCUT2D eigenvalue weighted by Crippen LogP contribution is 2.33. The summed E-state index contributed by atoms with van der Waals surface area (Å²) >= 11 is 9.03. The molecule has 0 heterocycles. The Bertz CT molecular complexity index is 331. The standard InChI is InChI=1S/C8H7BrClNO2/c1-13-7-5(9)2-4(8(11)12)3-6(7)10/h2-3H,1H3,(H2,11,12). The Morgan fingerprint density at radius 1 is 1.62 bits per heavy atom. The van der Waals surface area contributed by atoms with Gasteiger partial charge < -0.3 is 10.5 Å². The molecule has 0 saturated carbocycles. The number of methoxy groups -OCH3 is 1. The lowest BCUT2D eigenvalue weighted by molar-refractivity contribution is 0.1000. The summed E-state index contributed by atoms with van der Waals surface area (Å²) in [5, 5.41) is 0.352. The number of hydrogen-bond acceptors (Lipinski definition) is 2. The van der Waals surface area contributed by atoms with Crippen LogP contribution in [0.4, 0.5) is 0 Å². The molecule has 0 atom stereocenters. The van der Waals surface area contributed by atoms with Crippen LogP contribution in [0.15, 0.2) is 16.6 Å². The quantitative estimate of drug-likeness (QED) is 0.890. The molecule has 0 aliphatic heterocycles. The number of carbonyl (C=O) groups excluding carboxylic acids is 1. The first-order valence-electron chi connectivity index (χ1n) is 3.39. The van der Waals surface area contributed by atoms with Gasteiger partial charge in [0.25, 0.3) is 0 Å². The first kappa shape index (κ1) is 10.3. The fourth-order valence-corrected chi connectivity index (χ4v) is 1.93. The summed E-state index contributed by atoms with van der Waals surface area (Å²) in [6, 6.07) is 3.03. The molecule has 0 saturated heterocycles. The predicted octanol–water partition coefficient (Wildman–Crippen LogP) is 2.21. The number of halogens is 2. The zero-order chi connectivity index (χ0) is 10.0. The van der Waals surface area contributed by atoms with Gasteiger partial charge in [0, 0.05) is 5.56 Å². The molecule has 1 aromatic carbocycles. The van der Waals surface area contributed by atoms with E-state index in [4.69, 9.17) is 22.1 Å². The van der Waals surface area contributed by atoms with Crippen molar-refractivity contribution >= 4 is 33.4 Å². The lowest BCUT2D eigenvalue weighted by Gasteiger charge is -2.06. The Balaban J connectivity index is 3.28. The monoisotopic (exact) mass is 263 g/mol. The number of rotatable bonds is 2. The van der Waals surface area contributed by atoms with E-state index in [1.807, 2.05) is 0 Å². The smallest absolute Gasteiger partial charge is 0.248 e. The molecule has 5 heteroatoms. The van der Waals surface area contributed by atoms with Gasteiger partial charge in [-0.1, -0.05) is 11.6 Å². The molecule has 1 amide bonds. The van der Waals surface area contributed by atoms with E-state index in [0.29, 0.717) is 20.8 Å². The van der Waals surface area contributed by atoms with Gasteiger partial charge in [-0.2, -0.15) is 0 Å². The topological polar surface area (TPSA) is 52.3 Å². The summed E-state index contributed by atoms with van der Waals surface area (Å²) in [4.78, 5) is 10.8. The van der Waals surface area contributed by atoms with Crippen LogP contribution in [0.2, 0.25) is 5.02 Å². The molecule has 0 aromatic heterocycles. The van der Waals surface area contributed by atoms with E-state index in [0.717, 1.165) is 0 Å². The van der Waals surface area contributed by atoms with Crippen LogP contribution in [-0.4, -0.2) is 13.0 Å². The van der Waals surface area contributed by atoms with Crippen LogP contribution in [0.1, 0.15) is 10.4 Å². The van der Waals surface area contributed by atoms with E-state index >= 15 is 0 Å². The normalized spacial score (nSPS) is 9.77. The molecular weight excluding hydrogens is 257 g/mol. The van der Waals surface area contributed by atoms with Gasteiger partial charge in [-0.25, -0.2) is 0 Å². The molecule has 0 radical (unpaired) electrons. The van der Waals surface area contributed by atoms with Crippen LogP contribution < -0.4 is 10.5 Å². The Labute approximate surface area is 88.9 Å². The number of nitrogens with two attached hydrogens (primary N) is 1. The maximum atomic E-state index is 10.8. The van der Waals surface area contributed by atoms with E-state index in [9.17, 15) is 4.79 Å². The molecule has 0 aliphatic carbocycles. The number of carbonyl (C=O) groups is 1. The molecular formula is C8H7BrClNO2. The molecule has 0 aliphatic rings. The maximum Gasteiger partial charge on any atom is 0.248 e. The Kier molecular flexibility index (Phi) is 3.17. The van der Waals surface area contributed by atoms with Gasteiger partial charge in [0.05, 0.1) is 16.6 Å². The van der Waals surface area contributed by atoms with Crippen LogP contribution in [0.25, 0.3) is 0 Å². The largest absolute Gasteiger partial charge is 0.494 e. The first-order valence-corrected chi connectivity index (χ1v) is 4.56. The SMILES string of the molecule is COc1c(Cl)cc(C(N)=O)cc1Br. The second-order valence-corrected chi connectivity index (χ2v) is 3.60. The third-order valence-electron chi connectivity index (χ3n) is 1.49. The van der Waals surface area contributed by atoms with E-state index in [1.54, 1.807) is 6.07 Å². The summed E-state index contributed by atoms with van der Waals surface area (Å²) in [5.41, 5.74) is 5.43. The minimum absolute atomic E-state index is 0.345. The van der Waals surface area contributed by atoms with Crippen molar-refractivity contribution in [2.45, 2.75) is 0 Å². The zero-order valence-corrected chi connectivity index (χ0v) is 9.15. The third kappa shape index (κ3) is 2.14. The molecule has 2 N–H and O–H groups in total. The highest BCUT2D eigenvalue weighted by atomic mass is 79.9. The lowest BCUT2D eigenvalue weighted by atomic mass is 10.2. The summed E-state index contributed by atoms with van der Waals surface area (Å²) < 4.78 is 5.59. The zero-order valence-electron chi connectivity index (χ0n) is 6.80. The van der Waals surface area contributed by atoms with Crippen LogP contribution in [0.3, 0.4) is 0 Å². The van der Waals surface area contributed by atoms with Gasteiger partial charge in [0.1, 0.15) is 0 Å². The third-order valence-corrected chi connectivity index (χ3v) is 2.36. The number of primary amides is 1. The number of benzene rings is 1. The Morgan fingerprint density at radius 3 is 2.62 bits per heavy atom. The van der Waals surface area contributed by atoms with E-state index in [2.05, 4.69) is 15.9 Å². The van der Waals surface area contributed by atoms with Gasteiger partial charge in [-0.05, 0) is 28.1 Å². The summed E-state index contributed by atoms with van der Waals surface area (Å²) in [6.07, 6.45) is 0. The summed E-state index contributed by atoms with van der Waals surface area (Å²) in [7, 11) is 1.50. The number of hydrogen-bond donors (Lipinski definition) is 1. The van der Waals surface area contributed by atoms with Crippen molar-refractivity contribution in [2.24, 2.45) is 5.73 Å².